The molecule has 6 nitrogen and oxygen atoms in total. The predicted octanol–water partition coefficient (Wildman–Crippen LogP) is 3.20. The zero-order chi connectivity index (χ0) is 16.2. The van der Waals surface area contributed by atoms with Crippen LogP contribution < -0.4 is 9.47 Å². The molecule has 0 aliphatic heterocycles. The Bertz CT molecular complexity index is 807. The summed E-state index contributed by atoms with van der Waals surface area (Å²) in [6.45, 7) is 0.155. The van der Waals surface area contributed by atoms with Crippen LogP contribution in [0.3, 0.4) is 0 Å². The van der Waals surface area contributed by atoms with Crippen molar-refractivity contribution in [3.63, 3.8) is 0 Å². The Morgan fingerprint density at radius 1 is 1.13 bits per heavy atom. The Hall–Kier alpha value is -3.02. The van der Waals surface area contributed by atoms with E-state index in [1.165, 1.54) is 14.2 Å². The Kier molecular flexibility index (Phi) is 4.14. The van der Waals surface area contributed by atoms with Gasteiger partial charge in [-0.1, -0.05) is 12.1 Å². The zero-order valence-electron chi connectivity index (χ0n) is 12.7. The Morgan fingerprint density at radius 3 is 2.70 bits per heavy atom. The van der Waals surface area contributed by atoms with Crippen LogP contribution in [-0.4, -0.2) is 25.2 Å². The number of hydrogen-bond acceptors (Lipinski definition) is 6. The van der Waals surface area contributed by atoms with E-state index in [1.807, 2.05) is 24.3 Å². The van der Waals surface area contributed by atoms with Crippen molar-refractivity contribution in [2.24, 2.45) is 0 Å². The summed E-state index contributed by atoms with van der Waals surface area (Å²) in [5.74, 6) is 0.950. The van der Waals surface area contributed by atoms with Crippen molar-refractivity contribution in [2.45, 2.75) is 6.61 Å². The number of methoxy groups -OCH3 is 2. The molecule has 0 bridgehead atoms. The molecule has 6 heteroatoms. The van der Waals surface area contributed by atoms with Gasteiger partial charge in [0.15, 0.2) is 23.7 Å². The Labute approximate surface area is 132 Å². The topological polar surface area (TPSA) is 70.8 Å². The molecule has 23 heavy (non-hydrogen) atoms. The lowest BCUT2D eigenvalue weighted by atomic mass is 10.2. The number of carbonyl (C=O) groups excluding carboxylic acids is 1. The second kappa shape index (κ2) is 6.39. The van der Waals surface area contributed by atoms with E-state index in [4.69, 9.17) is 13.9 Å². The molecule has 0 atom stereocenters. The zero-order valence-corrected chi connectivity index (χ0v) is 12.7. The highest BCUT2D eigenvalue weighted by Gasteiger charge is 2.13. The molecule has 1 aromatic heterocycles. The lowest BCUT2D eigenvalue weighted by Gasteiger charge is -2.10. The summed E-state index contributed by atoms with van der Waals surface area (Å²) >= 11 is 0. The molecule has 0 N–H and O–H groups in total. The molecule has 2 aromatic carbocycles. The highest BCUT2D eigenvalue weighted by Crippen LogP contribution is 2.29. The highest BCUT2D eigenvalue weighted by atomic mass is 16.5. The molecule has 0 saturated heterocycles. The van der Waals surface area contributed by atoms with Crippen LogP contribution >= 0.6 is 0 Å². The lowest BCUT2D eigenvalue weighted by Crippen LogP contribution is -2.03. The van der Waals surface area contributed by atoms with Crippen LogP contribution in [-0.2, 0) is 11.3 Å². The number of benzene rings is 2. The third-order valence-corrected chi connectivity index (χ3v) is 3.27. The third-order valence-electron chi connectivity index (χ3n) is 3.27. The molecule has 1 heterocycles. The van der Waals surface area contributed by atoms with Gasteiger partial charge in [0, 0.05) is 0 Å². The summed E-state index contributed by atoms with van der Waals surface area (Å²) in [4.78, 5) is 15.9. The minimum absolute atomic E-state index is 0.155. The van der Waals surface area contributed by atoms with E-state index in [9.17, 15) is 4.79 Å². The number of hydrogen-bond donors (Lipinski definition) is 0. The van der Waals surface area contributed by atoms with E-state index < -0.39 is 5.97 Å². The molecule has 0 fully saturated rings. The number of rotatable bonds is 5. The third kappa shape index (κ3) is 3.11. The van der Waals surface area contributed by atoms with Crippen molar-refractivity contribution in [3.05, 3.63) is 53.9 Å². The maximum atomic E-state index is 11.5. The summed E-state index contributed by atoms with van der Waals surface area (Å²) in [6.07, 6.45) is 0. The SMILES string of the molecule is COC(=O)c1ccc(OCc2nc3ccccc3o2)c(OC)c1. The molecule has 0 spiro atoms. The first kappa shape index (κ1) is 14.9. The quantitative estimate of drug-likeness (QED) is 0.674. The van der Waals surface area contributed by atoms with E-state index in [0.717, 1.165) is 5.52 Å². The molecular formula is C17H15NO5. The molecule has 3 aromatic rings. The average molecular weight is 313 g/mol. The fraction of sp³-hybridized carbons (Fsp3) is 0.176. The number of carbonyl (C=O) groups is 1. The summed E-state index contributed by atoms with van der Waals surface area (Å²) < 4.78 is 21.2. The van der Waals surface area contributed by atoms with Crippen LogP contribution in [0.4, 0.5) is 0 Å². The van der Waals surface area contributed by atoms with Gasteiger partial charge in [0.1, 0.15) is 5.52 Å². The van der Waals surface area contributed by atoms with Gasteiger partial charge in [-0.25, -0.2) is 9.78 Å². The van der Waals surface area contributed by atoms with Gasteiger partial charge in [0.25, 0.3) is 0 Å². The lowest BCUT2D eigenvalue weighted by molar-refractivity contribution is 0.0600. The van der Waals surface area contributed by atoms with Crippen molar-refractivity contribution >= 4 is 17.1 Å². The van der Waals surface area contributed by atoms with Gasteiger partial charge in [0.2, 0.25) is 5.89 Å². The second-order valence-electron chi connectivity index (χ2n) is 4.72. The largest absolute Gasteiger partial charge is 0.493 e. The van der Waals surface area contributed by atoms with Crippen molar-refractivity contribution in [1.82, 2.24) is 4.98 Å². The van der Waals surface area contributed by atoms with Gasteiger partial charge < -0.3 is 18.6 Å². The molecule has 0 aliphatic carbocycles. The standard InChI is InChI=1S/C17H15NO5/c1-20-15-9-11(17(19)21-2)7-8-14(15)22-10-16-18-12-5-3-4-6-13(12)23-16/h3-9H,10H2,1-2H3. The fourth-order valence-electron chi connectivity index (χ4n) is 2.15. The van der Waals surface area contributed by atoms with Crippen LogP contribution in [0.25, 0.3) is 11.1 Å². The van der Waals surface area contributed by atoms with Crippen LogP contribution in [0, 0.1) is 0 Å². The van der Waals surface area contributed by atoms with E-state index in [1.54, 1.807) is 18.2 Å². The van der Waals surface area contributed by atoms with Crippen molar-refractivity contribution in [2.75, 3.05) is 14.2 Å². The molecule has 0 aliphatic rings. The van der Waals surface area contributed by atoms with Crippen molar-refractivity contribution < 1.29 is 23.4 Å². The molecule has 0 amide bonds. The smallest absolute Gasteiger partial charge is 0.337 e. The van der Waals surface area contributed by atoms with Crippen molar-refractivity contribution in [1.29, 1.82) is 0 Å². The van der Waals surface area contributed by atoms with Gasteiger partial charge in [-0.3, -0.25) is 0 Å². The number of nitrogens with zero attached hydrogens (tertiary/aromatic N) is 1. The summed E-state index contributed by atoms with van der Waals surface area (Å²) in [5.41, 5.74) is 1.87. The minimum atomic E-state index is -0.436. The number of fused-ring (bicyclic) bond motifs is 1. The number of esters is 1. The first-order valence-corrected chi connectivity index (χ1v) is 6.95. The monoisotopic (exact) mass is 313 g/mol. The van der Waals surface area contributed by atoms with Gasteiger partial charge >= 0.3 is 5.97 Å². The maximum absolute atomic E-state index is 11.5. The second-order valence-corrected chi connectivity index (χ2v) is 4.72. The van der Waals surface area contributed by atoms with Gasteiger partial charge in [0.05, 0.1) is 19.8 Å². The van der Waals surface area contributed by atoms with Gasteiger partial charge in [-0.2, -0.15) is 0 Å². The highest BCUT2D eigenvalue weighted by molar-refractivity contribution is 5.90. The maximum Gasteiger partial charge on any atom is 0.337 e. The summed E-state index contributed by atoms with van der Waals surface area (Å²) in [6, 6.07) is 12.3. The molecule has 3 rings (SSSR count). The van der Waals surface area contributed by atoms with Crippen LogP contribution in [0.15, 0.2) is 46.9 Å². The fourth-order valence-corrected chi connectivity index (χ4v) is 2.15. The number of oxazole rings is 1. The number of aromatic nitrogens is 1. The molecule has 118 valence electrons. The van der Waals surface area contributed by atoms with E-state index in [-0.39, 0.29) is 6.61 Å². The van der Waals surface area contributed by atoms with Crippen LogP contribution in [0.1, 0.15) is 16.2 Å². The first-order chi connectivity index (χ1) is 11.2. The van der Waals surface area contributed by atoms with E-state index >= 15 is 0 Å². The van der Waals surface area contributed by atoms with Crippen molar-refractivity contribution in [3.8, 4) is 11.5 Å². The van der Waals surface area contributed by atoms with E-state index in [2.05, 4.69) is 9.72 Å². The molecule has 0 unspecified atom stereocenters. The predicted molar refractivity (Wildman–Crippen MR) is 82.7 cm³/mol. The molecule has 0 saturated carbocycles. The summed E-state index contributed by atoms with van der Waals surface area (Å²) in [5, 5.41) is 0. The number of ether oxygens (including phenoxy) is 3. The first-order valence-electron chi connectivity index (χ1n) is 6.95. The molecule has 0 radical (unpaired) electrons. The normalized spacial score (nSPS) is 10.5. The van der Waals surface area contributed by atoms with Crippen LogP contribution in [0.2, 0.25) is 0 Å². The van der Waals surface area contributed by atoms with E-state index in [0.29, 0.717) is 28.5 Å². The average Bonchev–Trinajstić information content (AvgIpc) is 3.02. The Balaban J connectivity index is 1.78. The molecular weight excluding hydrogens is 298 g/mol. The van der Waals surface area contributed by atoms with Crippen LogP contribution in [0.5, 0.6) is 11.5 Å². The minimum Gasteiger partial charge on any atom is -0.493 e. The van der Waals surface area contributed by atoms with Gasteiger partial charge in [-0.15, -0.1) is 0 Å². The van der Waals surface area contributed by atoms with Gasteiger partial charge in [-0.05, 0) is 30.3 Å². The Morgan fingerprint density at radius 2 is 1.96 bits per heavy atom. The summed E-state index contributed by atoms with van der Waals surface area (Å²) in [7, 11) is 2.83. The number of para-hydroxylation sites is 2.